The summed E-state index contributed by atoms with van der Waals surface area (Å²) in [4.78, 5) is 3.30. The molecule has 7 rings (SSSR count). The molecule has 0 saturated carbocycles. The van der Waals surface area contributed by atoms with Crippen LogP contribution in [0.2, 0.25) is 0 Å². The first-order valence-electron chi connectivity index (χ1n) is 20.0. The number of dihydropyridines is 1. The van der Waals surface area contributed by atoms with Gasteiger partial charge in [-0.25, -0.2) is 0 Å². The highest BCUT2D eigenvalue weighted by molar-refractivity contribution is 5.52. The molecule has 5 aliphatic rings. The van der Waals surface area contributed by atoms with Crippen LogP contribution in [0, 0.1) is 41.4 Å². The number of ether oxygens (including phenoxy) is 2. The Morgan fingerprint density at radius 3 is 2.70 bits per heavy atom. The summed E-state index contributed by atoms with van der Waals surface area (Å²) in [5, 5.41) is 58.8. The highest BCUT2D eigenvalue weighted by atomic mass is 16.5. The predicted molar refractivity (Wildman–Crippen MR) is 207 cm³/mol. The van der Waals surface area contributed by atoms with Crippen molar-refractivity contribution in [2.75, 3.05) is 19.8 Å². The lowest BCUT2D eigenvalue weighted by Crippen LogP contribution is -2.50. The van der Waals surface area contributed by atoms with E-state index in [1.807, 2.05) is 36.5 Å². The average Bonchev–Trinajstić information content (AvgIpc) is 3.64. The van der Waals surface area contributed by atoms with Gasteiger partial charge in [0.25, 0.3) is 0 Å². The summed E-state index contributed by atoms with van der Waals surface area (Å²) in [5.74, 6) is 7.13. The molecule has 11 atom stereocenters. The third-order valence-electron chi connectivity index (χ3n) is 12.4. The number of aromatic hydroxyl groups is 1. The fraction of sp³-hybridized carbons (Fsp3) is 0.545. The van der Waals surface area contributed by atoms with Gasteiger partial charge in [-0.3, -0.25) is 0 Å². The van der Waals surface area contributed by atoms with Gasteiger partial charge in [-0.2, -0.15) is 0 Å². The summed E-state index contributed by atoms with van der Waals surface area (Å²) in [7, 11) is 0. The van der Waals surface area contributed by atoms with Gasteiger partial charge in [-0.05, 0) is 97.9 Å². The molecule has 0 saturated heterocycles. The number of hydrogen-bond donors (Lipinski definition) is 8. The van der Waals surface area contributed by atoms with Crippen LogP contribution in [-0.4, -0.2) is 80.8 Å². The highest BCUT2D eigenvalue weighted by Gasteiger charge is 2.44. The number of nitrogens with two attached hydrogens (primary N) is 1. The number of allylic oxidation sites excluding steroid dienone is 4. The van der Waals surface area contributed by atoms with E-state index in [0.29, 0.717) is 31.1 Å². The number of nitrogens with one attached hydrogen (secondary N) is 2. The molecule has 10 heteroatoms. The summed E-state index contributed by atoms with van der Waals surface area (Å²) >= 11 is 0. The monoisotopic (exact) mass is 739 g/mol. The Labute approximate surface area is 318 Å². The van der Waals surface area contributed by atoms with Gasteiger partial charge >= 0.3 is 0 Å². The lowest BCUT2D eigenvalue weighted by atomic mass is 9.73. The number of rotatable bonds is 10. The van der Waals surface area contributed by atoms with Crippen LogP contribution in [0.5, 0.6) is 11.5 Å². The van der Waals surface area contributed by atoms with E-state index in [1.165, 1.54) is 5.57 Å². The number of aliphatic hydroxyl groups excluding tert-OH is 4. The molecule has 9 N–H and O–H groups in total. The third kappa shape index (κ3) is 8.31. The van der Waals surface area contributed by atoms with Crippen molar-refractivity contribution in [2.24, 2.45) is 35.3 Å². The Balaban J connectivity index is 1.23. The second-order valence-corrected chi connectivity index (χ2v) is 15.7. The van der Waals surface area contributed by atoms with Crippen molar-refractivity contribution < 1.29 is 35.0 Å². The molecule has 1 aliphatic heterocycles. The average molecular weight is 740 g/mol. The Morgan fingerprint density at radius 1 is 1.07 bits per heavy atom. The third-order valence-corrected chi connectivity index (χ3v) is 12.4. The number of phenols is 1. The second kappa shape index (κ2) is 17.2. The van der Waals surface area contributed by atoms with Crippen LogP contribution in [0.25, 0.3) is 0 Å². The van der Waals surface area contributed by atoms with E-state index in [0.717, 1.165) is 67.3 Å². The van der Waals surface area contributed by atoms with Crippen molar-refractivity contribution in [2.45, 2.75) is 101 Å². The lowest BCUT2D eigenvalue weighted by molar-refractivity contribution is -0.0611. The molecular formula is C44H57N3O7. The van der Waals surface area contributed by atoms with Gasteiger partial charge in [0.1, 0.15) is 18.3 Å². The van der Waals surface area contributed by atoms with Crippen molar-refractivity contribution in [1.29, 1.82) is 0 Å². The Bertz CT molecular complexity index is 1790. The van der Waals surface area contributed by atoms with Crippen molar-refractivity contribution in [1.82, 2.24) is 10.3 Å². The van der Waals surface area contributed by atoms with Crippen LogP contribution < -0.4 is 15.8 Å². The fourth-order valence-corrected chi connectivity index (χ4v) is 9.50. The zero-order chi connectivity index (χ0) is 37.8. The van der Waals surface area contributed by atoms with Crippen LogP contribution in [0.15, 0.2) is 77.8 Å². The second-order valence-electron chi connectivity index (χ2n) is 15.7. The Hall–Kier alpha value is -3.98. The number of H-pyrrole nitrogens is 1. The van der Waals surface area contributed by atoms with Crippen molar-refractivity contribution in [3.8, 4) is 23.3 Å². The molecule has 0 radical (unpaired) electrons. The number of benzene rings is 1. The molecule has 11 unspecified atom stereocenters. The first kappa shape index (κ1) is 38.3. The van der Waals surface area contributed by atoms with E-state index in [1.54, 1.807) is 12.1 Å². The van der Waals surface area contributed by atoms with Gasteiger partial charge in [-0.15, -0.1) is 0 Å². The van der Waals surface area contributed by atoms with E-state index in [9.17, 15) is 25.5 Å². The van der Waals surface area contributed by atoms with E-state index >= 15 is 0 Å². The number of aliphatic hydroxyl groups is 4. The highest BCUT2D eigenvalue weighted by Crippen LogP contribution is 2.48. The summed E-state index contributed by atoms with van der Waals surface area (Å²) < 4.78 is 12.9. The predicted octanol–water partition coefficient (Wildman–Crippen LogP) is 4.50. The van der Waals surface area contributed by atoms with Gasteiger partial charge in [-0.1, -0.05) is 61.5 Å². The Morgan fingerprint density at radius 2 is 1.93 bits per heavy atom. The summed E-state index contributed by atoms with van der Waals surface area (Å²) in [6.07, 6.45) is 14.9. The number of fused-ring (bicyclic) bond motifs is 4. The number of aromatic amines is 1. The number of aryl methyl sites for hydroxylation is 1. The number of hydrogen-bond acceptors (Lipinski definition) is 9. The van der Waals surface area contributed by atoms with E-state index in [2.05, 4.69) is 41.2 Å². The zero-order valence-corrected chi connectivity index (χ0v) is 31.2. The van der Waals surface area contributed by atoms with Crippen LogP contribution in [0.1, 0.15) is 74.6 Å². The van der Waals surface area contributed by atoms with Gasteiger partial charge in [0, 0.05) is 48.0 Å². The minimum absolute atomic E-state index is 0.0282. The van der Waals surface area contributed by atoms with Crippen molar-refractivity contribution in [3.63, 3.8) is 0 Å². The number of phenolic OH excluding ortho intramolecular Hbond substituents is 1. The van der Waals surface area contributed by atoms with Crippen LogP contribution in [-0.2, 0) is 17.6 Å². The maximum atomic E-state index is 12.1. The van der Waals surface area contributed by atoms with Crippen molar-refractivity contribution >= 4 is 0 Å². The minimum atomic E-state index is -1.26. The first-order valence-corrected chi connectivity index (χ1v) is 20.0. The van der Waals surface area contributed by atoms with Gasteiger partial charge in [0.2, 0.25) is 0 Å². The molecule has 2 aromatic rings. The molecule has 0 spiro atoms. The maximum Gasteiger partial charge on any atom is 0.161 e. The van der Waals surface area contributed by atoms with Crippen LogP contribution >= 0.6 is 0 Å². The van der Waals surface area contributed by atoms with Gasteiger partial charge in [0.05, 0.1) is 31.2 Å². The van der Waals surface area contributed by atoms with Gasteiger partial charge < -0.3 is 51.0 Å². The van der Waals surface area contributed by atoms with E-state index in [-0.39, 0.29) is 60.4 Å². The fourth-order valence-electron chi connectivity index (χ4n) is 9.50. The van der Waals surface area contributed by atoms with Crippen molar-refractivity contribution in [3.05, 3.63) is 94.6 Å². The van der Waals surface area contributed by atoms with E-state index < -0.39 is 24.4 Å². The molecule has 0 fully saturated rings. The summed E-state index contributed by atoms with van der Waals surface area (Å²) in [6.45, 7) is 2.90. The maximum absolute atomic E-state index is 12.1. The molecule has 290 valence electrons. The molecule has 1 aromatic carbocycles. The quantitative estimate of drug-likeness (QED) is 0.129. The van der Waals surface area contributed by atoms with Gasteiger partial charge in [0.15, 0.2) is 11.5 Å². The smallest absolute Gasteiger partial charge is 0.161 e. The van der Waals surface area contributed by atoms with Crippen LogP contribution in [0.3, 0.4) is 0 Å². The molecule has 1 aromatic heterocycles. The minimum Gasteiger partial charge on any atom is -0.504 e. The molecule has 0 bridgehead atoms. The van der Waals surface area contributed by atoms with Crippen LogP contribution in [0.4, 0.5) is 0 Å². The molecule has 4 aliphatic carbocycles. The largest absolute Gasteiger partial charge is 0.504 e. The molecular weight excluding hydrogens is 682 g/mol. The summed E-state index contributed by atoms with van der Waals surface area (Å²) in [5.41, 5.74) is 11.4. The standard InChI is InChI=1S/C44H57N3O7/c1-2-26-6-3-4-8-39(53-19-18-48)42-30(10-9-26)20-27-11-12-28-21-37(50)40(25-35(28)34(27)24-38(42)51)54-44-32(13-14-36(49)43(44)52)33(23-31-7-5-16-46-31)29-15-17-47-41(45)22-29/h5,7,13-16,20-22,25-26,30,32-34,36,38-39,42-44,46-52H,2-4,6,8,11-12,17-19,23-24,45H2,1H3. The Kier molecular flexibility index (Phi) is 12.2. The summed E-state index contributed by atoms with van der Waals surface area (Å²) in [6, 6.07) is 7.62. The topological polar surface area (TPSA) is 173 Å². The normalized spacial score (nSPS) is 32.8. The molecule has 2 heterocycles. The molecule has 10 nitrogen and oxygen atoms in total. The zero-order valence-electron chi connectivity index (χ0n) is 31.2. The SMILES string of the molecule is CCC1C#CC2C=C3CCc4cc(O)c(OC5C(O)C(O)C=CC5C(Cc5ccc[nH]5)C5=CCNC(N)=C5)cc4C3CC(O)C2C(OCCO)CCCC1. The van der Waals surface area contributed by atoms with E-state index in [4.69, 9.17) is 15.2 Å². The first-order chi connectivity index (χ1) is 26.2. The molecule has 54 heavy (non-hydrogen) atoms. The number of aromatic nitrogens is 1. The molecule has 0 amide bonds. The lowest BCUT2D eigenvalue weighted by Gasteiger charge is -2.40.